The maximum atomic E-state index is 10.9. The highest BCUT2D eigenvalue weighted by molar-refractivity contribution is 6.42. The molecule has 0 amide bonds. The Hall–Kier alpha value is -0.730. The Morgan fingerprint density at radius 1 is 1.29 bits per heavy atom. The largest absolute Gasteiger partial charge is 0.481 e. The maximum absolute atomic E-state index is 10.9. The van der Waals surface area contributed by atoms with Gasteiger partial charge in [-0.2, -0.15) is 0 Å². The molecule has 0 spiro atoms. The second-order valence-corrected chi connectivity index (χ2v) is 4.37. The Labute approximate surface area is 92.5 Å². The summed E-state index contributed by atoms with van der Waals surface area (Å²) in [5.74, 6) is -0.893. The first kappa shape index (κ1) is 11.3. The third-order valence-corrected chi connectivity index (χ3v) is 2.91. The molecule has 0 atom stereocenters. The zero-order valence-electron chi connectivity index (χ0n) is 7.84. The molecule has 0 bridgehead atoms. The summed E-state index contributed by atoms with van der Waals surface area (Å²) in [4.78, 5) is 10.9. The fraction of sp³-hybridized carbons (Fsp3) is 0.300. The Balaban J connectivity index is 3.21. The molecule has 4 heteroatoms. The van der Waals surface area contributed by atoms with Gasteiger partial charge in [0.05, 0.1) is 15.5 Å². The average Bonchev–Trinajstić information content (AvgIpc) is 2.09. The van der Waals surface area contributed by atoms with E-state index >= 15 is 0 Å². The van der Waals surface area contributed by atoms with E-state index in [1.807, 2.05) is 0 Å². The van der Waals surface area contributed by atoms with Gasteiger partial charge in [0, 0.05) is 0 Å². The molecular formula is C10H10Cl2O2. The van der Waals surface area contributed by atoms with Crippen molar-refractivity contribution in [1.29, 1.82) is 0 Å². The molecule has 1 N–H and O–H groups in total. The van der Waals surface area contributed by atoms with Crippen LogP contribution >= 0.6 is 23.2 Å². The van der Waals surface area contributed by atoms with Crippen LogP contribution in [0.4, 0.5) is 0 Å². The maximum Gasteiger partial charge on any atom is 0.313 e. The van der Waals surface area contributed by atoms with Crippen LogP contribution in [0.2, 0.25) is 10.0 Å². The van der Waals surface area contributed by atoms with Crippen molar-refractivity contribution in [3.63, 3.8) is 0 Å². The zero-order chi connectivity index (χ0) is 10.9. The van der Waals surface area contributed by atoms with Gasteiger partial charge in [-0.25, -0.2) is 0 Å². The van der Waals surface area contributed by atoms with Gasteiger partial charge >= 0.3 is 5.97 Å². The van der Waals surface area contributed by atoms with Crippen LogP contribution in [0.1, 0.15) is 19.4 Å². The predicted octanol–water partition coefficient (Wildman–Crippen LogP) is 3.36. The summed E-state index contributed by atoms with van der Waals surface area (Å²) in [6.45, 7) is 3.24. The number of carboxylic acid groups (broad SMARTS) is 1. The molecule has 0 aliphatic rings. The third-order valence-electron chi connectivity index (χ3n) is 2.18. The average molecular weight is 233 g/mol. The van der Waals surface area contributed by atoms with Gasteiger partial charge in [0.2, 0.25) is 0 Å². The molecule has 0 aliphatic heterocycles. The Morgan fingerprint density at radius 2 is 1.86 bits per heavy atom. The molecule has 76 valence electrons. The van der Waals surface area contributed by atoms with E-state index < -0.39 is 11.4 Å². The van der Waals surface area contributed by atoms with Crippen molar-refractivity contribution < 1.29 is 9.90 Å². The van der Waals surface area contributed by atoms with Gasteiger partial charge in [-0.05, 0) is 31.5 Å². The first-order chi connectivity index (χ1) is 6.35. The highest BCUT2D eigenvalue weighted by Gasteiger charge is 2.29. The molecule has 1 rings (SSSR count). The number of hydrogen-bond donors (Lipinski definition) is 1. The number of carboxylic acids is 1. The van der Waals surface area contributed by atoms with Gasteiger partial charge in [0.25, 0.3) is 0 Å². The summed E-state index contributed by atoms with van der Waals surface area (Å²) in [7, 11) is 0. The van der Waals surface area contributed by atoms with Gasteiger partial charge in [-0.15, -0.1) is 0 Å². The molecule has 0 aliphatic carbocycles. The van der Waals surface area contributed by atoms with Gasteiger partial charge in [0.1, 0.15) is 0 Å². The molecule has 1 aromatic carbocycles. The van der Waals surface area contributed by atoms with Crippen LogP contribution < -0.4 is 0 Å². The SMILES string of the molecule is CC(C)(C(=O)O)c1ccc(Cl)c(Cl)c1. The van der Waals surface area contributed by atoms with Gasteiger partial charge in [-0.3, -0.25) is 4.79 Å². The first-order valence-electron chi connectivity index (χ1n) is 4.04. The molecule has 0 fully saturated rings. The highest BCUT2D eigenvalue weighted by atomic mass is 35.5. The normalized spacial score (nSPS) is 11.4. The van der Waals surface area contributed by atoms with Crippen LogP contribution in [0.5, 0.6) is 0 Å². The number of hydrogen-bond acceptors (Lipinski definition) is 1. The van der Waals surface area contributed by atoms with Crippen LogP contribution in [0.3, 0.4) is 0 Å². The van der Waals surface area contributed by atoms with E-state index in [2.05, 4.69) is 0 Å². The van der Waals surface area contributed by atoms with Crippen molar-refractivity contribution in [1.82, 2.24) is 0 Å². The minimum absolute atomic E-state index is 0.374. The van der Waals surface area contributed by atoms with Crippen LogP contribution in [0, 0.1) is 0 Å². The molecule has 0 saturated carbocycles. The van der Waals surface area contributed by atoms with E-state index in [0.29, 0.717) is 15.6 Å². The van der Waals surface area contributed by atoms with Crippen molar-refractivity contribution >= 4 is 29.2 Å². The zero-order valence-corrected chi connectivity index (χ0v) is 9.36. The van der Waals surface area contributed by atoms with E-state index in [-0.39, 0.29) is 0 Å². The number of aliphatic carboxylic acids is 1. The lowest BCUT2D eigenvalue weighted by molar-refractivity contribution is -0.142. The molecule has 0 unspecified atom stereocenters. The smallest absolute Gasteiger partial charge is 0.313 e. The Morgan fingerprint density at radius 3 is 2.29 bits per heavy atom. The summed E-state index contributed by atoms with van der Waals surface area (Å²) in [5.41, 5.74) is -0.312. The number of halogens is 2. The molecule has 0 heterocycles. The first-order valence-corrected chi connectivity index (χ1v) is 4.80. The lowest BCUT2D eigenvalue weighted by Crippen LogP contribution is -2.28. The van der Waals surface area contributed by atoms with Crippen molar-refractivity contribution in [2.24, 2.45) is 0 Å². The van der Waals surface area contributed by atoms with E-state index in [9.17, 15) is 4.79 Å². The second kappa shape index (κ2) is 3.79. The molecule has 14 heavy (non-hydrogen) atoms. The number of benzene rings is 1. The molecule has 0 aromatic heterocycles. The second-order valence-electron chi connectivity index (χ2n) is 3.56. The fourth-order valence-corrected chi connectivity index (χ4v) is 1.31. The van der Waals surface area contributed by atoms with Gasteiger partial charge in [0.15, 0.2) is 0 Å². The predicted molar refractivity (Wildman–Crippen MR) is 57.1 cm³/mol. The van der Waals surface area contributed by atoms with E-state index in [1.165, 1.54) is 0 Å². The van der Waals surface area contributed by atoms with Crippen molar-refractivity contribution in [3.8, 4) is 0 Å². The number of carbonyl (C=O) groups is 1. The summed E-state index contributed by atoms with van der Waals surface area (Å²) < 4.78 is 0. The minimum Gasteiger partial charge on any atom is -0.481 e. The number of rotatable bonds is 2. The Kier molecular flexibility index (Phi) is 3.07. The molecular weight excluding hydrogens is 223 g/mol. The van der Waals surface area contributed by atoms with Crippen LogP contribution in [-0.4, -0.2) is 11.1 Å². The fourth-order valence-electron chi connectivity index (χ4n) is 1.01. The highest BCUT2D eigenvalue weighted by Crippen LogP contribution is 2.29. The van der Waals surface area contributed by atoms with Crippen LogP contribution in [0.15, 0.2) is 18.2 Å². The molecule has 2 nitrogen and oxygen atoms in total. The summed E-state index contributed by atoms with van der Waals surface area (Å²) in [6, 6.07) is 4.85. The minimum atomic E-state index is -0.950. The van der Waals surface area contributed by atoms with E-state index in [4.69, 9.17) is 28.3 Å². The van der Waals surface area contributed by atoms with E-state index in [1.54, 1.807) is 32.0 Å². The summed E-state index contributed by atoms with van der Waals surface area (Å²) in [6.07, 6.45) is 0. The molecule has 1 aromatic rings. The van der Waals surface area contributed by atoms with Crippen molar-refractivity contribution in [2.45, 2.75) is 19.3 Å². The monoisotopic (exact) mass is 232 g/mol. The summed E-state index contributed by atoms with van der Waals surface area (Å²) in [5, 5.41) is 9.78. The quantitative estimate of drug-likeness (QED) is 0.850. The van der Waals surface area contributed by atoms with Gasteiger partial charge in [-0.1, -0.05) is 29.3 Å². The van der Waals surface area contributed by atoms with Crippen LogP contribution in [0.25, 0.3) is 0 Å². The summed E-state index contributed by atoms with van der Waals surface area (Å²) >= 11 is 11.5. The van der Waals surface area contributed by atoms with Gasteiger partial charge < -0.3 is 5.11 Å². The molecule has 0 radical (unpaired) electrons. The Bertz CT molecular complexity index is 372. The third kappa shape index (κ3) is 2.02. The van der Waals surface area contributed by atoms with E-state index in [0.717, 1.165) is 0 Å². The lowest BCUT2D eigenvalue weighted by atomic mass is 9.85. The topological polar surface area (TPSA) is 37.3 Å². The van der Waals surface area contributed by atoms with Crippen molar-refractivity contribution in [2.75, 3.05) is 0 Å². The van der Waals surface area contributed by atoms with Crippen molar-refractivity contribution in [3.05, 3.63) is 33.8 Å². The molecule has 0 saturated heterocycles. The van der Waals surface area contributed by atoms with Crippen LogP contribution in [-0.2, 0) is 10.2 Å². The standard InChI is InChI=1S/C10H10Cl2O2/c1-10(2,9(13)14)6-3-4-7(11)8(12)5-6/h3-5H,1-2H3,(H,13,14). The lowest BCUT2D eigenvalue weighted by Gasteiger charge is -2.19.